The molecule has 0 radical (unpaired) electrons. The van der Waals surface area contributed by atoms with E-state index in [1.165, 1.54) is 11.3 Å². The molecule has 3 rings (SSSR count). The van der Waals surface area contributed by atoms with Crippen LogP contribution in [0.3, 0.4) is 0 Å². The Morgan fingerprint density at radius 1 is 1.30 bits per heavy atom. The third kappa shape index (κ3) is 3.60. The second-order valence-corrected chi connectivity index (χ2v) is 6.71. The molecule has 0 saturated carbocycles. The summed E-state index contributed by atoms with van der Waals surface area (Å²) in [6, 6.07) is 9.82. The van der Waals surface area contributed by atoms with Crippen molar-refractivity contribution in [2.45, 2.75) is 6.92 Å². The lowest BCUT2D eigenvalue weighted by Gasteiger charge is -2.17. The molecular formula is C17H17N3OS2. The summed E-state index contributed by atoms with van der Waals surface area (Å²) >= 11 is 3.11. The molecule has 0 aliphatic rings. The van der Waals surface area contributed by atoms with Crippen molar-refractivity contribution in [3.63, 3.8) is 0 Å². The first kappa shape index (κ1) is 15.7. The molecule has 2 aromatic heterocycles. The van der Waals surface area contributed by atoms with Gasteiger partial charge in [0.25, 0.3) is 5.91 Å². The van der Waals surface area contributed by atoms with Gasteiger partial charge in [-0.15, -0.1) is 11.3 Å². The third-order valence-corrected chi connectivity index (χ3v) is 5.10. The molecular weight excluding hydrogens is 326 g/mol. The number of carbonyl (C=O) groups excluding carboxylic acids is 1. The number of nitrogens with zero attached hydrogens (tertiary/aromatic N) is 2. The van der Waals surface area contributed by atoms with E-state index in [2.05, 4.69) is 22.1 Å². The summed E-state index contributed by atoms with van der Waals surface area (Å²) in [5.74, 6) is -0.181. The van der Waals surface area contributed by atoms with E-state index in [-0.39, 0.29) is 5.91 Å². The van der Waals surface area contributed by atoms with Crippen LogP contribution in [0.4, 0.5) is 11.4 Å². The van der Waals surface area contributed by atoms with E-state index in [9.17, 15) is 4.79 Å². The highest BCUT2D eigenvalue weighted by atomic mass is 32.1. The van der Waals surface area contributed by atoms with E-state index >= 15 is 0 Å². The van der Waals surface area contributed by atoms with Gasteiger partial charge in [0.2, 0.25) is 0 Å². The number of hydrogen-bond acceptors (Lipinski definition) is 5. The standard InChI is InChI=1S/C17H17N3OS2/c1-3-20(2)14-6-4-5-13(9-14)18-16(21)15-11-23-17(19-15)12-7-8-22-10-12/h4-11H,3H2,1-2H3,(H,18,21). The van der Waals surface area contributed by atoms with Gasteiger partial charge in [0.1, 0.15) is 10.7 Å². The number of amides is 1. The van der Waals surface area contributed by atoms with E-state index in [4.69, 9.17) is 0 Å². The number of thiophene rings is 1. The fourth-order valence-corrected chi connectivity index (χ4v) is 3.61. The minimum absolute atomic E-state index is 0.181. The summed E-state index contributed by atoms with van der Waals surface area (Å²) < 4.78 is 0. The second-order valence-electron chi connectivity index (χ2n) is 5.07. The maximum absolute atomic E-state index is 12.4. The lowest BCUT2D eigenvalue weighted by Crippen LogP contribution is -2.16. The first-order valence-electron chi connectivity index (χ1n) is 7.28. The van der Waals surface area contributed by atoms with Crippen molar-refractivity contribution in [3.05, 3.63) is 52.2 Å². The van der Waals surface area contributed by atoms with Crippen LogP contribution >= 0.6 is 22.7 Å². The molecule has 0 fully saturated rings. The molecule has 4 nitrogen and oxygen atoms in total. The zero-order chi connectivity index (χ0) is 16.2. The Kier molecular flexibility index (Phi) is 4.73. The van der Waals surface area contributed by atoms with Crippen LogP contribution in [0, 0.1) is 0 Å². The summed E-state index contributed by atoms with van der Waals surface area (Å²) in [6.07, 6.45) is 0. The smallest absolute Gasteiger partial charge is 0.275 e. The molecule has 0 atom stereocenters. The highest BCUT2D eigenvalue weighted by molar-refractivity contribution is 7.14. The zero-order valence-corrected chi connectivity index (χ0v) is 14.6. The SMILES string of the molecule is CCN(C)c1cccc(NC(=O)c2csc(-c3ccsc3)n2)c1. The number of rotatable bonds is 5. The fraction of sp³-hybridized carbons (Fsp3) is 0.176. The normalized spacial score (nSPS) is 10.5. The number of anilines is 2. The van der Waals surface area contributed by atoms with Crippen LogP contribution < -0.4 is 10.2 Å². The average molecular weight is 343 g/mol. The number of thiazole rings is 1. The van der Waals surface area contributed by atoms with Gasteiger partial charge >= 0.3 is 0 Å². The minimum atomic E-state index is -0.181. The minimum Gasteiger partial charge on any atom is -0.375 e. The van der Waals surface area contributed by atoms with Crippen molar-refractivity contribution in [3.8, 4) is 10.6 Å². The van der Waals surface area contributed by atoms with Crippen LogP contribution in [0.5, 0.6) is 0 Å². The molecule has 23 heavy (non-hydrogen) atoms. The van der Waals surface area contributed by atoms with Crippen molar-refractivity contribution in [2.24, 2.45) is 0 Å². The Balaban J connectivity index is 1.74. The van der Waals surface area contributed by atoms with Gasteiger partial charge in [0, 0.05) is 41.3 Å². The monoisotopic (exact) mass is 343 g/mol. The molecule has 6 heteroatoms. The van der Waals surface area contributed by atoms with Gasteiger partial charge in [-0.25, -0.2) is 4.98 Å². The van der Waals surface area contributed by atoms with Gasteiger partial charge in [-0.3, -0.25) is 4.79 Å². The highest BCUT2D eigenvalue weighted by Crippen LogP contribution is 2.26. The molecule has 118 valence electrons. The molecule has 0 spiro atoms. The topological polar surface area (TPSA) is 45.2 Å². The maximum Gasteiger partial charge on any atom is 0.275 e. The van der Waals surface area contributed by atoms with E-state index in [0.29, 0.717) is 5.69 Å². The number of aromatic nitrogens is 1. The van der Waals surface area contributed by atoms with Gasteiger partial charge < -0.3 is 10.2 Å². The Morgan fingerprint density at radius 2 is 2.17 bits per heavy atom. The van der Waals surface area contributed by atoms with E-state index in [1.54, 1.807) is 16.7 Å². The van der Waals surface area contributed by atoms with Crippen molar-refractivity contribution in [1.82, 2.24) is 4.98 Å². The Morgan fingerprint density at radius 3 is 2.91 bits per heavy atom. The quantitative estimate of drug-likeness (QED) is 0.737. The van der Waals surface area contributed by atoms with Gasteiger partial charge in [0.05, 0.1) is 0 Å². The summed E-state index contributed by atoms with van der Waals surface area (Å²) in [4.78, 5) is 18.9. The van der Waals surface area contributed by atoms with E-state index < -0.39 is 0 Å². The summed E-state index contributed by atoms with van der Waals surface area (Å²) in [6.45, 7) is 3.00. The van der Waals surface area contributed by atoms with E-state index in [1.807, 2.05) is 48.1 Å². The number of nitrogens with one attached hydrogen (secondary N) is 1. The molecule has 0 bridgehead atoms. The first-order valence-corrected chi connectivity index (χ1v) is 9.10. The highest BCUT2D eigenvalue weighted by Gasteiger charge is 2.12. The lowest BCUT2D eigenvalue weighted by atomic mass is 10.2. The zero-order valence-electron chi connectivity index (χ0n) is 12.9. The largest absolute Gasteiger partial charge is 0.375 e. The molecule has 1 N–H and O–H groups in total. The molecule has 0 unspecified atom stereocenters. The molecule has 0 aliphatic heterocycles. The van der Waals surface area contributed by atoms with Crippen LogP contribution in [0.25, 0.3) is 10.6 Å². The number of benzene rings is 1. The molecule has 1 aromatic carbocycles. The van der Waals surface area contributed by atoms with Crippen molar-refractivity contribution < 1.29 is 4.79 Å². The molecule has 0 aliphatic carbocycles. The summed E-state index contributed by atoms with van der Waals surface area (Å²) in [7, 11) is 2.02. The van der Waals surface area contributed by atoms with Crippen molar-refractivity contribution >= 4 is 40.0 Å². The Hall–Kier alpha value is -2.18. The van der Waals surface area contributed by atoms with Crippen LogP contribution in [0.1, 0.15) is 17.4 Å². The van der Waals surface area contributed by atoms with Crippen molar-refractivity contribution in [2.75, 3.05) is 23.8 Å². The average Bonchev–Trinajstić information content (AvgIpc) is 3.25. The second kappa shape index (κ2) is 6.93. The van der Waals surface area contributed by atoms with Crippen molar-refractivity contribution in [1.29, 1.82) is 0 Å². The molecule has 2 heterocycles. The van der Waals surface area contributed by atoms with Crippen LogP contribution in [0.15, 0.2) is 46.5 Å². The summed E-state index contributed by atoms with van der Waals surface area (Å²) in [5, 5.41) is 9.62. The molecule has 1 amide bonds. The number of carbonyl (C=O) groups is 1. The Bertz CT molecular complexity index is 796. The predicted octanol–water partition coefficient (Wildman–Crippen LogP) is 4.58. The third-order valence-electron chi connectivity index (χ3n) is 3.52. The van der Waals surface area contributed by atoms with Crippen LogP contribution in [-0.2, 0) is 0 Å². The number of hydrogen-bond donors (Lipinski definition) is 1. The van der Waals surface area contributed by atoms with Gasteiger partial charge in [-0.2, -0.15) is 11.3 Å². The first-order chi connectivity index (χ1) is 11.2. The van der Waals surface area contributed by atoms with Gasteiger partial charge in [-0.05, 0) is 36.6 Å². The molecule has 3 aromatic rings. The fourth-order valence-electron chi connectivity index (χ4n) is 2.10. The summed E-state index contributed by atoms with van der Waals surface area (Å²) in [5.41, 5.74) is 3.36. The van der Waals surface area contributed by atoms with Crippen LogP contribution in [-0.4, -0.2) is 24.5 Å². The maximum atomic E-state index is 12.4. The van der Waals surface area contributed by atoms with Gasteiger partial charge in [-0.1, -0.05) is 6.07 Å². The molecule has 0 saturated heterocycles. The van der Waals surface area contributed by atoms with E-state index in [0.717, 1.165) is 28.5 Å². The Labute approximate surface area is 143 Å². The predicted molar refractivity (Wildman–Crippen MR) is 98.8 cm³/mol. The van der Waals surface area contributed by atoms with Crippen LogP contribution in [0.2, 0.25) is 0 Å². The van der Waals surface area contributed by atoms with Gasteiger partial charge in [0.15, 0.2) is 0 Å². The lowest BCUT2D eigenvalue weighted by molar-refractivity contribution is 0.102.